The van der Waals surface area contributed by atoms with Gasteiger partial charge < -0.3 is 10.6 Å². The number of anilines is 2. The van der Waals surface area contributed by atoms with Crippen LogP contribution in [-0.2, 0) is 6.42 Å². The third-order valence-electron chi connectivity index (χ3n) is 2.93. The van der Waals surface area contributed by atoms with Crippen LogP contribution in [0.1, 0.15) is 45.0 Å². The fraction of sp³-hybridized carbons (Fsp3) is 0.714. The summed E-state index contributed by atoms with van der Waals surface area (Å²) in [6.45, 7) is 7.95. The molecule has 0 saturated carbocycles. The average molecular weight is 304 g/mol. The quantitative estimate of drug-likeness (QED) is 0.801. The summed E-state index contributed by atoms with van der Waals surface area (Å²) in [6, 6.07) is -0.734. The van der Waals surface area contributed by atoms with E-state index < -0.39 is 18.6 Å². The number of hydrogen-bond acceptors (Lipinski definition) is 4. The lowest BCUT2D eigenvalue weighted by molar-refractivity contribution is -0.136. The lowest BCUT2D eigenvalue weighted by Crippen LogP contribution is -2.25. The van der Waals surface area contributed by atoms with Crippen LogP contribution in [0.25, 0.3) is 0 Å². The van der Waals surface area contributed by atoms with Crippen molar-refractivity contribution < 1.29 is 13.2 Å². The van der Waals surface area contributed by atoms with Gasteiger partial charge in [0.05, 0.1) is 6.42 Å². The Morgan fingerprint density at radius 1 is 1.14 bits per heavy atom. The summed E-state index contributed by atoms with van der Waals surface area (Å²) in [5, 5.41) is 5.98. The molecule has 1 unspecified atom stereocenters. The minimum absolute atomic E-state index is 0.473. The maximum atomic E-state index is 12.4. The second kappa shape index (κ2) is 7.47. The summed E-state index contributed by atoms with van der Waals surface area (Å²) in [4.78, 5) is 8.76. The van der Waals surface area contributed by atoms with Crippen molar-refractivity contribution in [3.05, 3.63) is 11.4 Å². The van der Waals surface area contributed by atoms with E-state index in [0.717, 1.165) is 12.0 Å². The molecule has 0 aliphatic heterocycles. The molecule has 4 nitrogen and oxygen atoms in total. The SMILES string of the molecule is CCCc1nc(NCC)c(C)c(NC(C)CC(F)(F)F)n1. The molecule has 120 valence electrons. The van der Waals surface area contributed by atoms with Gasteiger partial charge in [-0.05, 0) is 27.2 Å². The molecular weight excluding hydrogens is 281 g/mol. The number of nitrogens with zero attached hydrogens (tertiary/aromatic N) is 2. The van der Waals surface area contributed by atoms with Gasteiger partial charge in [0.25, 0.3) is 0 Å². The maximum absolute atomic E-state index is 12.4. The molecule has 0 saturated heterocycles. The van der Waals surface area contributed by atoms with E-state index in [1.807, 2.05) is 13.8 Å². The summed E-state index contributed by atoms with van der Waals surface area (Å²) in [5.74, 6) is 1.79. The first kappa shape index (κ1) is 17.5. The van der Waals surface area contributed by atoms with Crippen molar-refractivity contribution in [2.24, 2.45) is 0 Å². The van der Waals surface area contributed by atoms with Crippen LogP contribution < -0.4 is 10.6 Å². The van der Waals surface area contributed by atoms with Crippen LogP contribution in [-0.4, -0.2) is 28.7 Å². The Bertz CT molecular complexity index is 460. The first-order chi connectivity index (χ1) is 9.76. The highest BCUT2D eigenvalue weighted by atomic mass is 19.4. The Morgan fingerprint density at radius 2 is 1.76 bits per heavy atom. The molecule has 1 heterocycles. The van der Waals surface area contributed by atoms with Crippen LogP contribution in [0.5, 0.6) is 0 Å². The second-order valence-electron chi connectivity index (χ2n) is 5.11. The number of rotatable bonds is 7. The van der Waals surface area contributed by atoms with E-state index >= 15 is 0 Å². The zero-order valence-corrected chi connectivity index (χ0v) is 12.9. The number of hydrogen-bond donors (Lipinski definition) is 2. The molecule has 0 aliphatic rings. The van der Waals surface area contributed by atoms with Gasteiger partial charge in [-0.25, -0.2) is 9.97 Å². The molecule has 7 heteroatoms. The predicted octanol–water partition coefficient (Wildman–Crippen LogP) is 3.92. The van der Waals surface area contributed by atoms with E-state index in [2.05, 4.69) is 20.6 Å². The predicted molar refractivity (Wildman–Crippen MR) is 78.7 cm³/mol. The van der Waals surface area contributed by atoms with Gasteiger partial charge in [0.1, 0.15) is 17.5 Å². The van der Waals surface area contributed by atoms with Crippen LogP contribution in [0.2, 0.25) is 0 Å². The topological polar surface area (TPSA) is 49.8 Å². The molecule has 2 N–H and O–H groups in total. The van der Waals surface area contributed by atoms with Gasteiger partial charge in [-0.3, -0.25) is 0 Å². The average Bonchev–Trinajstić information content (AvgIpc) is 2.33. The van der Waals surface area contributed by atoms with Gasteiger partial charge in [-0.15, -0.1) is 0 Å². The monoisotopic (exact) mass is 304 g/mol. The second-order valence-corrected chi connectivity index (χ2v) is 5.11. The Kier molecular flexibility index (Phi) is 6.23. The largest absolute Gasteiger partial charge is 0.391 e. The van der Waals surface area contributed by atoms with Gasteiger partial charge in [0, 0.05) is 24.6 Å². The molecule has 0 radical (unpaired) electrons. The molecule has 0 aromatic carbocycles. The van der Waals surface area contributed by atoms with Crippen molar-refractivity contribution in [2.75, 3.05) is 17.2 Å². The van der Waals surface area contributed by atoms with Crippen molar-refractivity contribution in [1.29, 1.82) is 0 Å². The van der Waals surface area contributed by atoms with Crippen LogP contribution in [0, 0.1) is 6.92 Å². The van der Waals surface area contributed by atoms with Crippen molar-refractivity contribution in [3.8, 4) is 0 Å². The molecule has 0 fully saturated rings. The Labute approximate surface area is 123 Å². The summed E-state index contributed by atoms with van der Waals surface area (Å²) >= 11 is 0. The summed E-state index contributed by atoms with van der Waals surface area (Å²) in [6.07, 6.45) is -3.51. The normalized spacial score (nSPS) is 13.1. The van der Waals surface area contributed by atoms with Crippen molar-refractivity contribution >= 4 is 11.6 Å². The lowest BCUT2D eigenvalue weighted by atomic mass is 10.2. The van der Waals surface area contributed by atoms with Gasteiger partial charge in [0.2, 0.25) is 0 Å². The number of aromatic nitrogens is 2. The van der Waals surface area contributed by atoms with Gasteiger partial charge in [0.15, 0.2) is 0 Å². The smallest absolute Gasteiger partial charge is 0.370 e. The standard InChI is InChI=1S/C14H23F3N4/c1-5-7-11-20-12(18-6-2)10(4)13(21-11)19-9(3)8-14(15,16)17/h9H,5-8H2,1-4H3,(H2,18,19,20,21). The highest BCUT2D eigenvalue weighted by Gasteiger charge is 2.30. The Balaban J connectivity index is 2.98. The number of alkyl halides is 3. The molecule has 0 amide bonds. The first-order valence-electron chi connectivity index (χ1n) is 7.21. The maximum Gasteiger partial charge on any atom is 0.391 e. The molecule has 0 aliphatic carbocycles. The minimum atomic E-state index is -4.19. The molecule has 1 atom stereocenters. The highest BCUT2D eigenvalue weighted by molar-refractivity contribution is 5.57. The molecule has 21 heavy (non-hydrogen) atoms. The zero-order valence-electron chi connectivity index (χ0n) is 12.9. The van der Waals surface area contributed by atoms with Crippen molar-refractivity contribution in [2.45, 2.75) is 59.2 Å². The number of nitrogens with one attached hydrogen (secondary N) is 2. The third-order valence-corrected chi connectivity index (χ3v) is 2.93. The van der Waals surface area contributed by atoms with Gasteiger partial charge in [-0.2, -0.15) is 13.2 Å². The van der Waals surface area contributed by atoms with E-state index in [1.54, 1.807) is 6.92 Å². The van der Waals surface area contributed by atoms with Crippen LogP contribution in [0.15, 0.2) is 0 Å². The third kappa shape index (κ3) is 5.77. The number of halogens is 3. The van der Waals surface area contributed by atoms with Crippen LogP contribution >= 0.6 is 0 Å². The lowest BCUT2D eigenvalue weighted by Gasteiger charge is -2.19. The van der Waals surface area contributed by atoms with E-state index in [-0.39, 0.29) is 0 Å². The van der Waals surface area contributed by atoms with Crippen molar-refractivity contribution in [3.63, 3.8) is 0 Å². The van der Waals surface area contributed by atoms with Gasteiger partial charge >= 0.3 is 6.18 Å². The molecular formula is C14H23F3N4. The highest BCUT2D eigenvalue weighted by Crippen LogP contribution is 2.25. The van der Waals surface area contributed by atoms with E-state index in [1.165, 1.54) is 6.92 Å². The van der Waals surface area contributed by atoms with E-state index in [9.17, 15) is 13.2 Å². The molecule has 1 rings (SSSR count). The van der Waals surface area contributed by atoms with Gasteiger partial charge in [-0.1, -0.05) is 6.92 Å². The Hall–Kier alpha value is -1.53. The molecule has 1 aromatic rings. The van der Waals surface area contributed by atoms with E-state index in [4.69, 9.17) is 0 Å². The summed E-state index contributed by atoms with van der Waals surface area (Å²) in [5.41, 5.74) is 0.741. The summed E-state index contributed by atoms with van der Waals surface area (Å²) < 4.78 is 37.3. The van der Waals surface area contributed by atoms with Crippen LogP contribution in [0.4, 0.5) is 24.8 Å². The molecule has 1 aromatic heterocycles. The van der Waals surface area contributed by atoms with E-state index in [0.29, 0.717) is 30.4 Å². The van der Waals surface area contributed by atoms with Crippen LogP contribution in [0.3, 0.4) is 0 Å². The fourth-order valence-corrected chi connectivity index (χ4v) is 2.01. The molecule has 0 spiro atoms. The number of aryl methyl sites for hydroxylation is 1. The fourth-order valence-electron chi connectivity index (χ4n) is 2.01. The Morgan fingerprint density at radius 3 is 2.29 bits per heavy atom. The molecule has 0 bridgehead atoms. The van der Waals surface area contributed by atoms with Crippen molar-refractivity contribution in [1.82, 2.24) is 9.97 Å². The minimum Gasteiger partial charge on any atom is -0.370 e. The zero-order chi connectivity index (χ0) is 16.0. The summed E-state index contributed by atoms with van der Waals surface area (Å²) in [7, 11) is 0. The first-order valence-corrected chi connectivity index (χ1v) is 7.21.